The van der Waals surface area contributed by atoms with E-state index in [2.05, 4.69) is 0 Å². The van der Waals surface area contributed by atoms with Crippen LogP contribution in [0, 0.1) is 35.6 Å². The second-order valence-electron chi connectivity index (χ2n) is 0. The van der Waals surface area contributed by atoms with E-state index in [9.17, 15) is 0 Å². The van der Waals surface area contributed by atoms with Gasteiger partial charge < -0.3 is 0 Å². The Morgan fingerprint density at radius 2 is 1.00 bits per heavy atom. The Balaban J connectivity index is 0. The Morgan fingerprint density at radius 1 is 1.00 bits per heavy atom. The normalized spacial score (nSPS) is 0. The van der Waals surface area contributed by atoms with Crippen LogP contribution in [-0.2, 0) is 0 Å². The van der Waals surface area contributed by atoms with Crippen LogP contribution in [0.2, 0.25) is 0 Å². The summed E-state index contributed by atoms with van der Waals surface area (Å²) < 4.78 is 0. The predicted octanol–water partition coefficient (Wildman–Crippen LogP) is -0.451. The number of halogens is 1. The summed E-state index contributed by atoms with van der Waals surface area (Å²) in [4.78, 5) is 0. The van der Waals surface area contributed by atoms with Crippen LogP contribution in [0.5, 0.6) is 0 Å². The number of hydrogen-bond donors (Lipinski definition) is 0. The predicted molar refractivity (Wildman–Crippen MR) is 23.2 cm³/mol. The Morgan fingerprint density at radius 3 is 1.00 bits per heavy atom. The SMILES string of the molecule is Br.[La].[LiH].[Tl]. The summed E-state index contributed by atoms with van der Waals surface area (Å²) in [6.45, 7) is 0. The van der Waals surface area contributed by atoms with Crippen LogP contribution in [0.25, 0.3) is 0 Å². The van der Waals surface area contributed by atoms with Crippen molar-refractivity contribution in [3.8, 4) is 0 Å². The summed E-state index contributed by atoms with van der Waals surface area (Å²) in [7, 11) is 0. The molecule has 0 amide bonds. The monoisotopic (exact) mass is 432 g/mol. The average molecular weight is 432 g/mol. The van der Waals surface area contributed by atoms with Gasteiger partial charge in [-0.05, 0) is 0 Å². The number of hydrogen-bond acceptors (Lipinski definition) is 0. The fourth-order valence-electron chi connectivity index (χ4n) is 0. The van der Waals surface area contributed by atoms with Crippen molar-refractivity contribution in [2.24, 2.45) is 0 Å². The van der Waals surface area contributed by atoms with Crippen molar-refractivity contribution in [1.82, 2.24) is 0 Å². The second kappa shape index (κ2) is 16.4. The van der Waals surface area contributed by atoms with Crippen LogP contribution in [0.3, 0.4) is 0 Å². The molecule has 0 aromatic rings. The minimum absolute atomic E-state index is 0. The van der Waals surface area contributed by atoms with Crippen LogP contribution in [0.15, 0.2) is 0 Å². The van der Waals surface area contributed by atoms with Gasteiger partial charge in [-0.3, -0.25) is 0 Å². The Kier molecular flexibility index (Phi) is 111. The molecule has 0 nitrogen and oxygen atoms in total. The molecule has 4 heavy (non-hydrogen) atoms. The van der Waals surface area contributed by atoms with Crippen molar-refractivity contribution in [2.45, 2.75) is 0 Å². The van der Waals surface area contributed by atoms with Crippen LogP contribution in [-0.4, -0.2) is 46.2 Å². The van der Waals surface area contributed by atoms with E-state index < -0.39 is 0 Å². The molecule has 0 unspecified atom stereocenters. The van der Waals surface area contributed by atoms with Gasteiger partial charge in [-0.15, -0.1) is 17.0 Å². The third kappa shape index (κ3) is 8.96. The first-order valence-corrected chi connectivity index (χ1v) is 0. The Labute approximate surface area is 96.6 Å². The molecule has 0 spiro atoms. The van der Waals surface area contributed by atoms with Gasteiger partial charge in [-0.25, -0.2) is 0 Å². The van der Waals surface area contributed by atoms with Crippen molar-refractivity contribution in [2.75, 3.05) is 0 Å². The zero-order chi connectivity index (χ0) is 0. The van der Waals surface area contributed by atoms with Crippen molar-refractivity contribution < 1.29 is 35.6 Å². The first-order valence-electron chi connectivity index (χ1n) is 0. The molecule has 0 bridgehead atoms. The molecular formula is H2BrLaLiTl. The van der Waals surface area contributed by atoms with E-state index in [4.69, 9.17) is 0 Å². The third-order valence-corrected chi connectivity index (χ3v) is 0. The fraction of sp³-hybridized carbons (Fsp3) is 0. The minimum Gasteiger partial charge on any atom is 0 e. The van der Waals surface area contributed by atoms with E-state index in [1.807, 2.05) is 0 Å². The van der Waals surface area contributed by atoms with Gasteiger partial charge >= 0.3 is 18.9 Å². The molecule has 0 aromatic heterocycles. The van der Waals surface area contributed by atoms with Gasteiger partial charge in [0.1, 0.15) is 0 Å². The van der Waals surface area contributed by atoms with E-state index in [-0.39, 0.29) is 98.7 Å². The summed E-state index contributed by atoms with van der Waals surface area (Å²) >= 11 is 0. The fourth-order valence-corrected chi connectivity index (χ4v) is 0. The van der Waals surface area contributed by atoms with Crippen molar-refractivity contribution >= 4 is 63.1 Å². The summed E-state index contributed by atoms with van der Waals surface area (Å²) in [5, 5.41) is 0. The first-order chi connectivity index (χ1) is 0. The van der Waals surface area contributed by atoms with E-state index in [1.54, 1.807) is 0 Å². The van der Waals surface area contributed by atoms with Gasteiger partial charge in [0.05, 0.1) is 0 Å². The Bertz CT molecular complexity index is 8.00. The van der Waals surface area contributed by atoms with Crippen LogP contribution in [0.1, 0.15) is 0 Å². The largest absolute Gasteiger partial charge is 0 e. The van der Waals surface area contributed by atoms with Gasteiger partial charge in [0.15, 0.2) is 0 Å². The summed E-state index contributed by atoms with van der Waals surface area (Å²) in [6, 6.07) is 0. The van der Waals surface area contributed by atoms with Crippen LogP contribution >= 0.6 is 17.0 Å². The topological polar surface area (TPSA) is 0 Å². The molecule has 0 heterocycles. The standard InChI is InChI=1S/BrH.La.Li.Tl.H/h1H;;;;. The van der Waals surface area contributed by atoms with Gasteiger partial charge in [0.2, 0.25) is 0 Å². The Hall–Kier alpha value is 3.19. The zero-order valence-corrected chi connectivity index (χ0v) is 11.4. The molecule has 16 valence electrons. The summed E-state index contributed by atoms with van der Waals surface area (Å²) in [5.74, 6) is 0. The van der Waals surface area contributed by atoms with Gasteiger partial charge in [0, 0.05) is 62.9 Å². The molecule has 0 saturated carbocycles. The number of rotatable bonds is 0. The summed E-state index contributed by atoms with van der Waals surface area (Å²) in [5.41, 5.74) is 0. The van der Waals surface area contributed by atoms with Crippen molar-refractivity contribution in [3.63, 3.8) is 0 Å². The van der Waals surface area contributed by atoms with E-state index in [0.29, 0.717) is 0 Å². The molecule has 0 aromatic carbocycles. The molecule has 0 fully saturated rings. The maximum atomic E-state index is 0. The van der Waals surface area contributed by atoms with Gasteiger partial charge in [-0.2, -0.15) is 0 Å². The minimum atomic E-state index is 0. The van der Waals surface area contributed by atoms with E-state index in [0.717, 1.165) is 0 Å². The molecule has 0 N–H and O–H groups in total. The van der Waals surface area contributed by atoms with Crippen LogP contribution < -0.4 is 0 Å². The average Bonchev–Trinajstić information content (AvgIpc) is 0. The van der Waals surface area contributed by atoms with Gasteiger partial charge in [-0.1, -0.05) is 0 Å². The molecular weight excluding hydrogens is 430 g/mol. The van der Waals surface area contributed by atoms with Crippen molar-refractivity contribution in [1.29, 1.82) is 0 Å². The molecule has 0 saturated heterocycles. The molecule has 4 heteroatoms. The zero-order valence-electron chi connectivity index (χ0n) is 1.56. The van der Waals surface area contributed by atoms with Crippen molar-refractivity contribution in [3.05, 3.63) is 0 Å². The molecule has 0 aliphatic carbocycles. The van der Waals surface area contributed by atoms with E-state index >= 15 is 0 Å². The molecule has 2 radical (unpaired) electrons. The maximum Gasteiger partial charge on any atom is 0 e. The summed E-state index contributed by atoms with van der Waals surface area (Å²) in [6.07, 6.45) is 0. The van der Waals surface area contributed by atoms with E-state index in [1.165, 1.54) is 0 Å². The van der Waals surface area contributed by atoms with Crippen LogP contribution in [0.4, 0.5) is 0 Å². The maximum absolute atomic E-state index is 0. The third-order valence-electron chi connectivity index (χ3n) is 0. The first kappa shape index (κ1) is 27.1. The molecule has 0 atom stereocenters. The van der Waals surface area contributed by atoms with Gasteiger partial charge in [0.25, 0.3) is 0 Å². The quantitative estimate of drug-likeness (QED) is 0.456. The molecule has 0 aliphatic heterocycles. The smallest absolute Gasteiger partial charge is 0 e. The molecule has 0 aliphatic rings. The molecule has 0 rings (SSSR count). The second-order valence-corrected chi connectivity index (χ2v) is 0.